The molecule has 0 bridgehead atoms. The number of piperidine rings is 1. The molecule has 2 aliphatic heterocycles. The number of nitrogens with one attached hydrogen (secondary N) is 1. The minimum atomic E-state index is -0.0631. The highest BCUT2D eigenvalue weighted by Gasteiger charge is 2.29. The molecule has 1 N–H and O–H groups in total. The smallest absolute Gasteiger partial charge is 0.254 e. The molecule has 1 unspecified atom stereocenters. The minimum absolute atomic E-state index is 0.0483. The van der Waals surface area contributed by atoms with E-state index in [0.717, 1.165) is 61.5 Å². The standard InChI is InChI=1S/C28H31N5O2/c1-20-5-2-3-6-25(20)28(35)32-16-12-22(13-17-32)21-8-10-24(11-9-21)30-27(34)23-14-18-33(19-23)26-7-4-15-29-31-26/h2-11,15,22-23H,12-14,16-19H2,1H3,(H,30,34). The molecule has 7 heteroatoms. The largest absolute Gasteiger partial charge is 0.354 e. The Morgan fingerprint density at radius 2 is 1.69 bits per heavy atom. The third-order valence-corrected chi connectivity index (χ3v) is 7.25. The molecule has 35 heavy (non-hydrogen) atoms. The van der Waals surface area contributed by atoms with E-state index in [0.29, 0.717) is 12.5 Å². The number of hydrogen-bond acceptors (Lipinski definition) is 5. The maximum absolute atomic E-state index is 12.9. The Morgan fingerprint density at radius 1 is 0.914 bits per heavy atom. The van der Waals surface area contributed by atoms with Gasteiger partial charge in [-0.2, -0.15) is 5.10 Å². The van der Waals surface area contributed by atoms with Crippen LogP contribution in [0.5, 0.6) is 0 Å². The molecule has 2 aromatic carbocycles. The van der Waals surface area contributed by atoms with Gasteiger partial charge in [0.15, 0.2) is 5.82 Å². The Balaban J connectivity index is 1.13. The van der Waals surface area contributed by atoms with Crippen LogP contribution in [0.15, 0.2) is 66.9 Å². The number of hydrogen-bond donors (Lipinski definition) is 1. The summed E-state index contributed by atoms with van der Waals surface area (Å²) in [6, 6.07) is 19.8. The van der Waals surface area contributed by atoms with Gasteiger partial charge in [0, 0.05) is 43.6 Å². The van der Waals surface area contributed by atoms with Crippen LogP contribution >= 0.6 is 0 Å². The zero-order valence-corrected chi connectivity index (χ0v) is 20.1. The predicted molar refractivity (Wildman–Crippen MR) is 136 cm³/mol. The van der Waals surface area contributed by atoms with E-state index in [-0.39, 0.29) is 17.7 Å². The van der Waals surface area contributed by atoms with E-state index < -0.39 is 0 Å². The molecule has 0 radical (unpaired) electrons. The summed E-state index contributed by atoms with van der Waals surface area (Å²) in [5.74, 6) is 1.36. The molecule has 2 amide bonds. The highest BCUT2D eigenvalue weighted by Crippen LogP contribution is 2.30. The first kappa shape index (κ1) is 23.0. The van der Waals surface area contributed by atoms with Crippen molar-refractivity contribution in [3.8, 4) is 0 Å². The number of nitrogens with zero attached hydrogens (tertiary/aromatic N) is 4. The van der Waals surface area contributed by atoms with Crippen LogP contribution in [0.4, 0.5) is 11.5 Å². The summed E-state index contributed by atoms with van der Waals surface area (Å²) < 4.78 is 0. The van der Waals surface area contributed by atoms with Gasteiger partial charge in [-0.3, -0.25) is 9.59 Å². The fraction of sp³-hybridized carbons (Fsp3) is 0.357. The molecule has 180 valence electrons. The van der Waals surface area contributed by atoms with Crippen molar-refractivity contribution in [1.29, 1.82) is 0 Å². The van der Waals surface area contributed by atoms with Gasteiger partial charge in [-0.05, 0) is 73.6 Å². The molecular formula is C28H31N5O2. The molecular weight excluding hydrogens is 438 g/mol. The van der Waals surface area contributed by atoms with E-state index in [1.54, 1.807) is 6.20 Å². The van der Waals surface area contributed by atoms with Gasteiger partial charge in [0.1, 0.15) is 0 Å². The van der Waals surface area contributed by atoms with E-state index in [2.05, 4.69) is 32.5 Å². The molecule has 0 spiro atoms. The van der Waals surface area contributed by atoms with E-state index in [1.807, 2.05) is 60.4 Å². The number of aryl methyl sites for hydroxylation is 1. The van der Waals surface area contributed by atoms with Crippen molar-refractivity contribution in [3.05, 3.63) is 83.6 Å². The first-order valence-electron chi connectivity index (χ1n) is 12.4. The van der Waals surface area contributed by atoms with E-state index in [9.17, 15) is 9.59 Å². The summed E-state index contributed by atoms with van der Waals surface area (Å²) in [7, 11) is 0. The lowest BCUT2D eigenvalue weighted by atomic mass is 9.89. The van der Waals surface area contributed by atoms with Crippen LogP contribution in [0.3, 0.4) is 0 Å². The van der Waals surface area contributed by atoms with Crippen LogP contribution in [-0.2, 0) is 4.79 Å². The lowest BCUT2D eigenvalue weighted by Gasteiger charge is -2.32. The summed E-state index contributed by atoms with van der Waals surface area (Å²) in [5.41, 5.74) is 3.91. The van der Waals surface area contributed by atoms with Crippen molar-refractivity contribution < 1.29 is 9.59 Å². The van der Waals surface area contributed by atoms with E-state index in [4.69, 9.17) is 0 Å². The topological polar surface area (TPSA) is 78.4 Å². The monoisotopic (exact) mass is 469 g/mol. The van der Waals surface area contributed by atoms with Crippen molar-refractivity contribution in [2.75, 3.05) is 36.4 Å². The summed E-state index contributed by atoms with van der Waals surface area (Å²) in [5, 5.41) is 11.2. The molecule has 0 saturated carbocycles. The zero-order valence-electron chi connectivity index (χ0n) is 20.1. The van der Waals surface area contributed by atoms with Gasteiger partial charge in [-0.15, -0.1) is 5.10 Å². The zero-order chi connectivity index (χ0) is 24.2. The van der Waals surface area contributed by atoms with Crippen molar-refractivity contribution in [3.63, 3.8) is 0 Å². The van der Waals surface area contributed by atoms with Crippen molar-refractivity contribution in [2.24, 2.45) is 5.92 Å². The lowest BCUT2D eigenvalue weighted by molar-refractivity contribution is -0.119. The Kier molecular flexibility index (Phi) is 6.75. The average molecular weight is 470 g/mol. The first-order valence-corrected chi connectivity index (χ1v) is 12.4. The normalized spacial score (nSPS) is 18.5. The summed E-state index contributed by atoms with van der Waals surface area (Å²) in [6.07, 6.45) is 4.36. The highest BCUT2D eigenvalue weighted by molar-refractivity contribution is 5.95. The molecule has 2 saturated heterocycles. The quantitative estimate of drug-likeness (QED) is 0.604. The number of carbonyl (C=O) groups excluding carboxylic acids is 2. The van der Waals surface area contributed by atoms with Gasteiger partial charge in [0.25, 0.3) is 5.91 Å². The number of benzene rings is 2. The van der Waals surface area contributed by atoms with Gasteiger partial charge >= 0.3 is 0 Å². The molecule has 2 fully saturated rings. The maximum atomic E-state index is 12.9. The number of anilines is 2. The predicted octanol–water partition coefficient (Wildman–Crippen LogP) is 4.27. The third kappa shape index (κ3) is 5.19. The third-order valence-electron chi connectivity index (χ3n) is 7.25. The fourth-order valence-electron chi connectivity index (χ4n) is 5.13. The van der Waals surface area contributed by atoms with E-state index in [1.165, 1.54) is 5.56 Å². The summed E-state index contributed by atoms with van der Waals surface area (Å²) in [6.45, 7) is 4.98. The Labute approximate surface area is 206 Å². The number of rotatable bonds is 5. The van der Waals surface area contributed by atoms with Crippen LogP contribution in [0, 0.1) is 12.8 Å². The number of likely N-dealkylation sites (tertiary alicyclic amines) is 1. The fourth-order valence-corrected chi connectivity index (χ4v) is 5.13. The van der Waals surface area contributed by atoms with Gasteiger partial charge in [-0.1, -0.05) is 30.3 Å². The second-order valence-electron chi connectivity index (χ2n) is 9.51. The Morgan fingerprint density at radius 3 is 2.40 bits per heavy atom. The number of carbonyl (C=O) groups is 2. The molecule has 1 aromatic heterocycles. The second kappa shape index (κ2) is 10.3. The summed E-state index contributed by atoms with van der Waals surface area (Å²) >= 11 is 0. The van der Waals surface area contributed by atoms with Crippen LogP contribution in [0.1, 0.15) is 46.7 Å². The van der Waals surface area contributed by atoms with Gasteiger partial charge in [-0.25, -0.2) is 0 Å². The number of aromatic nitrogens is 2. The maximum Gasteiger partial charge on any atom is 0.254 e. The molecule has 7 nitrogen and oxygen atoms in total. The van der Waals surface area contributed by atoms with Gasteiger partial charge < -0.3 is 15.1 Å². The molecule has 5 rings (SSSR count). The van der Waals surface area contributed by atoms with Crippen molar-refractivity contribution in [2.45, 2.75) is 32.1 Å². The molecule has 3 heterocycles. The van der Waals surface area contributed by atoms with Gasteiger partial charge in [0.2, 0.25) is 5.91 Å². The molecule has 1 atom stereocenters. The average Bonchev–Trinajstić information content (AvgIpc) is 3.41. The van der Waals surface area contributed by atoms with Crippen LogP contribution < -0.4 is 10.2 Å². The van der Waals surface area contributed by atoms with Crippen molar-refractivity contribution in [1.82, 2.24) is 15.1 Å². The summed E-state index contributed by atoms with van der Waals surface area (Å²) in [4.78, 5) is 29.8. The Hall–Kier alpha value is -3.74. The molecule has 3 aromatic rings. The Bertz CT molecular complexity index is 1170. The molecule has 2 aliphatic rings. The van der Waals surface area contributed by atoms with Crippen molar-refractivity contribution >= 4 is 23.3 Å². The van der Waals surface area contributed by atoms with Crippen LogP contribution in [0.2, 0.25) is 0 Å². The first-order chi connectivity index (χ1) is 17.1. The highest BCUT2D eigenvalue weighted by atomic mass is 16.2. The molecule has 0 aliphatic carbocycles. The van der Waals surface area contributed by atoms with Crippen LogP contribution in [0.25, 0.3) is 0 Å². The minimum Gasteiger partial charge on any atom is -0.354 e. The second-order valence-corrected chi connectivity index (χ2v) is 9.51. The lowest BCUT2D eigenvalue weighted by Crippen LogP contribution is -2.38. The van der Waals surface area contributed by atoms with E-state index >= 15 is 0 Å². The van der Waals surface area contributed by atoms with Gasteiger partial charge in [0.05, 0.1) is 5.92 Å². The SMILES string of the molecule is Cc1ccccc1C(=O)N1CCC(c2ccc(NC(=O)C3CCN(c4cccnn4)C3)cc2)CC1. The van der Waals surface area contributed by atoms with Crippen LogP contribution in [-0.4, -0.2) is 53.1 Å². The number of amides is 2.